The molecule has 158 valence electrons. The van der Waals surface area contributed by atoms with Crippen molar-refractivity contribution in [3.63, 3.8) is 0 Å². The molecule has 1 aliphatic carbocycles. The molecule has 5 heteroatoms. The Labute approximate surface area is 174 Å². The van der Waals surface area contributed by atoms with Crippen molar-refractivity contribution in [2.45, 2.75) is 66.3 Å². The standard InChI is InChI=1S/C24H34N2O3/c1-6-13-25(14-12-24(2,3)4)22(28)16-26-19-8-7-9-21(27)23(19)18-11-10-17(29-5)15-20(18)26/h10-11,15H,6-9,12-14,16H2,1-5H3. The van der Waals surface area contributed by atoms with Gasteiger partial charge in [0.05, 0.1) is 12.6 Å². The number of fused-ring (bicyclic) bond motifs is 3. The average Bonchev–Trinajstić information content (AvgIpc) is 2.98. The van der Waals surface area contributed by atoms with Gasteiger partial charge in [-0.15, -0.1) is 0 Å². The Bertz CT molecular complexity index is 905. The summed E-state index contributed by atoms with van der Waals surface area (Å²) in [6.45, 7) is 10.5. The van der Waals surface area contributed by atoms with E-state index in [2.05, 4.69) is 32.3 Å². The third kappa shape index (κ3) is 4.65. The summed E-state index contributed by atoms with van der Waals surface area (Å²) in [7, 11) is 1.64. The lowest BCUT2D eigenvalue weighted by atomic mass is 9.92. The predicted molar refractivity (Wildman–Crippen MR) is 117 cm³/mol. The minimum absolute atomic E-state index is 0.122. The van der Waals surface area contributed by atoms with Crippen LogP contribution in [-0.2, 0) is 17.8 Å². The van der Waals surface area contributed by atoms with Crippen LogP contribution in [0, 0.1) is 5.41 Å². The third-order valence-corrected chi connectivity index (χ3v) is 5.75. The Morgan fingerprint density at radius 3 is 2.62 bits per heavy atom. The predicted octanol–water partition coefficient (Wildman–Crippen LogP) is 4.84. The second-order valence-electron chi connectivity index (χ2n) is 9.26. The van der Waals surface area contributed by atoms with Gasteiger partial charge in [0.15, 0.2) is 5.78 Å². The number of hydrogen-bond donors (Lipinski definition) is 0. The van der Waals surface area contributed by atoms with Gasteiger partial charge in [-0.05, 0) is 43.2 Å². The lowest BCUT2D eigenvalue weighted by molar-refractivity contribution is -0.132. The Hall–Kier alpha value is -2.30. The first-order valence-electron chi connectivity index (χ1n) is 10.7. The Morgan fingerprint density at radius 2 is 1.97 bits per heavy atom. The molecular formula is C24H34N2O3. The molecule has 1 heterocycles. The normalized spacial score (nSPS) is 14.2. The van der Waals surface area contributed by atoms with Crippen LogP contribution in [0.4, 0.5) is 0 Å². The minimum Gasteiger partial charge on any atom is -0.497 e. The van der Waals surface area contributed by atoms with Crippen LogP contribution < -0.4 is 4.74 Å². The molecule has 3 rings (SSSR count). The molecule has 0 unspecified atom stereocenters. The molecule has 0 saturated heterocycles. The highest BCUT2D eigenvalue weighted by atomic mass is 16.5. The van der Waals surface area contributed by atoms with Crippen molar-refractivity contribution < 1.29 is 14.3 Å². The van der Waals surface area contributed by atoms with Gasteiger partial charge in [-0.2, -0.15) is 0 Å². The van der Waals surface area contributed by atoms with Crippen LogP contribution in [-0.4, -0.2) is 41.4 Å². The molecule has 29 heavy (non-hydrogen) atoms. The van der Waals surface area contributed by atoms with Crippen LogP contribution in [0.1, 0.15) is 69.4 Å². The molecule has 2 aromatic rings. The Balaban J connectivity index is 1.97. The average molecular weight is 399 g/mol. The summed E-state index contributed by atoms with van der Waals surface area (Å²) < 4.78 is 7.47. The van der Waals surface area contributed by atoms with Crippen LogP contribution in [0.15, 0.2) is 18.2 Å². The molecule has 1 amide bonds. The summed E-state index contributed by atoms with van der Waals surface area (Å²) in [5, 5.41) is 0.940. The number of rotatable bonds is 7. The second-order valence-corrected chi connectivity index (χ2v) is 9.26. The van der Waals surface area contributed by atoms with Crippen LogP contribution in [0.25, 0.3) is 10.9 Å². The summed E-state index contributed by atoms with van der Waals surface area (Å²) in [5.74, 6) is 1.05. The molecule has 5 nitrogen and oxygen atoms in total. The van der Waals surface area contributed by atoms with Gasteiger partial charge in [-0.25, -0.2) is 0 Å². The molecule has 0 N–H and O–H groups in total. The summed E-state index contributed by atoms with van der Waals surface area (Å²) >= 11 is 0. The van der Waals surface area contributed by atoms with Crippen LogP contribution in [0.5, 0.6) is 5.75 Å². The van der Waals surface area contributed by atoms with E-state index in [0.29, 0.717) is 6.42 Å². The van der Waals surface area contributed by atoms with E-state index >= 15 is 0 Å². The number of benzene rings is 1. The zero-order chi connectivity index (χ0) is 21.2. The van der Waals surface area contributed by atoms with Crippen molar-refractivity contribution in [1.82, 2.24) is 9.47 Å². The molecule has 0 radical (unpaired) electrons. The van der Waals surface area contributed by atoms with E-state index in [1.807, 2.05) is 23.1 Å². The van der Waals surface area contributed by atoms with Gasteiger partial charge < -0.3 is 14.2 Å². The molecule has 0 atom stereocenters. The third-order valence-electron chi connectivity index (χ3n) is 5.75. The Kier molecular flexibility index (Phi) is 6.35. The number of hydrogen-bond acceptors (Lipinski definition) is 3. The summed E-state index contributed by atoms with van der Waals surface area (Å²) in [4.78, 5) is 27.9. The number of Topliss-reactive ketones (excluding diaryl/α,β-unsaturated/α-hetero) is 1. The fraction of sp³-hybridized carbons (Fsp3) is 0.583. The van der Waals surface area contributed by atoms with Gasteiger partial charge in [0.2, 0.25) is 5.91 Å². The van der Waals surface area contributed by atoms with Crippen molar-refractivity contribution >= 4 is 22.6 Å². The minimum atomic E-state index is 0.122. The van der Waals surface area contributed by atoms with Crippen molar-refractivity contribution in [2.24, 2.45) is 5.41 Å². The largest absolute Gasteiger partial charge is 0.497 e. The van der Waals surface area contributed by atoms with Gasteiger partial charge in [-0.3, -0.25) is 9.59 Å². The first-order valence-corrected chi connectivity index (χ1v) is 10.7. The molecule has 0 aliphatic heterocycles. The van der Waals surface area contributed by atoms with E-state index in [9.17, 15) is 9.59 Å². The number of ether oxygens (including phenoxy) is 1. The monoisotopic (exact) mass is 398 g/mol. The summed E-state index contributed by atoms with van der Waals surface area (Å²) in [6, 6.07) is 5.80. The maximum Gasteiger partial charge on any atom is 0.242 e. The molecule has 0 fully saturated rings. The number of aromatic nitrogens is 1. The fourth-order valence-corrected chi connectivity index (χ4v) is 4.14. The van der Waals surface area contributed by atoms with E-state index in [1.165, 1.54) is 0 Å². The molecule has 1 aromatic carbocycles. The molecular weight excluding hydrogens is 364 g/mol. The zero-order valence-electron chi connectivity index (χ0n) is 18.5. The quantitative estimate of drug-likeness (QED) is 0.670. The van der Waals surface area contributed by atoms with Gasteiger partial charge in [-0.1, -0.05) is 27.7 Å². The number of ketones is 1. The van der Waals surface area contributed by atoms with Gasteiger partial charge in [0, 0.05) is 42.2 Å². The summed E-state index contributed by atoms with van der Waals surface area (Å²) in [6.07, 6.45) is 4.17. The highest BCUT2D eigenvalue weighted by molar-refractivity contribution is 6.10. The lowest BCUT2D eigenvalue weighted by Crippen LogP contribution is -2.37. The molecule has 1 aliphatic rings. The van der Waals surface area contributed by atoms with E-state index in [0.717, 1.165) is 66.7 Å². The first-order chi connectivity index (χ1) is 13.7. The smallest absolute Gasteiger partial charge is 0.242 e. The molecule has 0 spiro atoms. The lowest BCUT2D eigenvalue weighted by Gasteiger charge is -2.27. The van der Waals surface area contributed by atoms with E-state index in [-0.39, 0.29) is 23.7 Å². The fourth-order valence-electron chi connectivity index (χ4n) is 4.14. The topological polar surface area (TPSA) is 51.5 Å². The zero-order valence-corrected chi connectivity index (χ0v) is 18.5. The van der Waals surface area contributed by atoms with Crippen LogP contribution in [0.3, 0.4) is 0 Å². The van der Waals surface area contributed by atoms with Crippen molar-refractivity contribution in [1.29, 1.82) is 0 Å². The summed E-state index contributed by atoms with van der Waals surface area (Å²) in [5.41, 5.74) is 2.92. The number of amides is 1. The second kappa shape index (κ2) is 8.60. The first kappa shape index (κ1) is 21.4. The highest BCUT2D eigenvalue weighted by Gasteiger charge is 2.28. The van der Waals surface area contributed by atoms with E-state index in [1.54, 1.807) is 7.11 Å². The van der Waals surface area contributed by atoms with E-state index < -0.39 is 0 Å². The van der Waals surface area contributed by atoms with Crippen LogP contribution in [0.2, 0.25) is 0 Å². The molecule has 0 saturated carbocycles. The van der Waals surface area contributed by atoms with Crippen molar-refractivity contribution in [2.75, 3.05) is 20.2 Å². The number of nitrogens with zero attached hydrogens (tertiary/aromatic N) is 2. The highest BCUT2D eigenvalue weighted by Crippen LogP contribution is 2.34. The Morgan fingerprint density at radius 1 is 1.21 bits per heavy atom. The van der Waals surface area contributed by atoms with Gasteiger partial charge in [0.1, 0.15) is 12.3 Å². The molecule has 0 bridgehead atoms. The van der Waals surface area contributed by atoms with Crippen molar-refractivity contribution in [3.05, 3.63) is 29.5 Å². The van der Waals surface area contributed by atoms with Crippen molar-refractivity contribution in [3.8, 4) is 5.75 Å². The maximum absolute atomic E-state index is 13.3. The number of carbonyl (C=O) groups excluding carboxylic acids is 2. The number of methoxy groups -OCH3 is 1. The maximum atomic E-state index is 13.3. The van der Waals surface area contributed by atoms with E-state index in [4.69, 9.17) is 4.74 Å². The number of carbonyl (C=O) groups is 2. The van der Waals surface area contributed by atoms with Crippen LogP contribution >= 0.6 is 0 Å². The van der Waals surface area contributed by atoms with Gasteiger partial charge >= 0.3 is 0 Å². The SMILES string of the molecule is CCCN(CCC(C)(C)C)C(=O)Cn1c2c(c3ccc(OC)cc31)C(=O)CCC2. The van der Waals surface area contributed by atoms with Gasteiger partial charge in [0.25, 0.3) is 0 Å². The molecule has 1 aromatic heterocycles.